The van der Waals surface area contributed by atoms with Gasteiger partial charge in [-0.25, -0.2) is 4.79 Å². The van der Waals surface area contributed by atoms with Crippen molar-refractivity contribution in [3.05, 3.63) is 45.8 Å². The predicted octanol–water partition coefficient (Wildman–Crippen LogP) is 2.54. The van der Waals surface area contributed by atoms with Gasteiger partial charge in [0.2, 0.25) is 11.8 Å². The Bertz CT molecular complexity index is 829. The minimum Gasteiger partial charge on any atom is -0.477 e. The van der Waals surface area contributed by atoms with Gasteiger partial charge in [-0.05, 0) is 18.9 Å². The molecule has 2 aliphatic heterocycles. The Labute approximate surface area is 177 Å². The molecule has 0 aromatic heterocycles. The van der Waals surface area contributed by atoms with E-state index in [-0.39, 0.29) is 35.3 Å². The van der Waals surface area contributed by atoms with Crippen LogP contribution >= 0.6 is 23.5 Å². The van der Waals surface area contributed by atoms with Crippen molar-refractivity contribution in [3.63, 3.8) is 0 Å². The molecule has 1 aromatic carbocycles. The Kier molecular flexibility index (Phi) is 6.92. The van der Waals surface area contributed by atoms with Crippen LogP contribution in [0, 0.1) is 5.92 Å². The number of carboxylic acid groups (broad SMARTS) is 1. The van der Waals surface area contributed by atoms with Crippen molar-refractivity contribution < 1.29 is 24.6 Å². The first-order chi connectivity index (χ1) is 13.8. The van der Waals surface area contributed by atoms with Crippen molar-refractivity contribution >= 4 is 41.3 Å². The van der Waals surface area contributed by atoms with Crippen molar-refractivity contribution in [2.75, 3.05) is 5.75 Å². The van der Waals surface area contributed by atoms with Gasteiger partial charge in [-0.2, -0.15) is 0 Å². The first kappa shape index (κ1) is 21.7. The fraction of sp³-hybridized carbons (Fsp3) is 0.450. The molecule has 0 aliphatic carbocycles. The molecule has 29 heavy (non-hydrogen) atoms. The number of nitrogens with zero attached hydrogens (tertiary/aromatic N) is 1. The van der Waals surface area contributed by atoms with Crippen LogP contribution in [0.25, 0.3) is 0 Å². The summed E-state index contributed by atoms with van der Waals surface area (Å²) in [6.45, 7) is 3.70. The fourth-order valence-electron chi connectivity index (χ4n) is 3.39. The highest BCUT2D eigenvalue weighted by atomic mass is 32.2. The third-order valence-corrected chi connectivity index (χ3v) is 7.68. The number of aliphatic carboxylic acids is 1. The number of β-lactam (4-membered cyclic amide) rings is 1. The van der Waals surface area contributed by atoms with Crippen LogP contribution in [0.2, 0.25) is 0 Å². The number of aliphatic hydroxyl groups excluding tert-OH is 1. The van der Waals surface area contributed by atoms with Crippen LogP contribution in [-0.4, -0.2) is 50.1 Å². The second-order valence-corrected chi connectivity index (χ2v) is 9.45. The topological polar surface area (TPSA) is 107 Å². The number of carboxylic acids is 1. The minimum absolute atomic E-state index is 0.0346. The highest BCUT2D eigenvalue weighted by Crippen LogP contribution is 2.54. The van der Waals surface area contributed by atoms with Crippen molar-refractivity contribution in [2.45, 2.75) is 44.2 Å². The number of aliphatic hydroxyl groups is 1. The Morgan fingerprint density at radius 1 is 1.31 bits per heavy atom. The number of benzene rings is 1. The van der Waals surface area contributed by atoms with Gasteiger partial charge in [0.05, 0.1) is 22.3 Å². The summed E-state index contributed by atoms with van der Waals surface area (Å²) < 4.78 is 0.519. The highest BCUT2D eigenvalue weighted by molar-refractivity contribution is 8.22. The van der Waals surface area contributed by atoms with E-state index in [1.807, 2.05) is 37.3 Å². The van der Waals surface area contributed by atoms with Crippen LogP contribution in [0.5, 0.6) is 0 Å². The largest absolute Gasteiger partial charge is 0.477 e. The van der Waals surface area contributed by atoms with Crippen molar-refractivity contribution in [1.82, 2.24) is 10.2 Å². The lowest BCUT2D eigenvalue weighted by Crippen LogP contribution is -2.61. The molecule has 0 spiro atoms. The molecular formula is C20H24N2O5S2. The first-order valence-corrected chi connectivity index (χ1v) is 11.3. The number of nitrogens with one attached hydrogen (secondary N) is 1. The van der Waals surface area contributed by atoms with E-state index in [0.29, 0.717) is 16.4 Å². The molecule has 2 aliphatic rings. The Balaban J connectivity index is 1.55. The van der Waals surface area contributed by atoms with E-state index in [2.05, 4.69) is 5.32 Å². The number of fused-ring (bicyclic) bond motifs is 1. The van der Waals surface area contributed by atoms with E-state index in [9.17, 15) is 24.6 Å². The van der Waals surface area contributed by atoms with Gasteiger partial charge in [0.1, 0.15) is 5.37 Å². The number of carbonyl (C=O) groups excluding carboxylic acids is 2. The molecule has 0 saturated carbocycles. The molecule has 1 saturated heterocycles. The lowest BCUT2D eigenvalue weighted by atomic mass is 9.90. The monoisotopic (exact) mass is 436 g/mol. The summed E-state index contributed by atoms with van der Waals surface area (Å²) in [5.41, 5.74) is 0.978. The fourth-order valence-corrected chi connectivity index (χ4v) is 6.28. The maximum absolute atomic E-state index is 12.3. The maximum Gasteiger partial charge on any atom is 0.354 e. The number of carbonyl (C=O) groups is 3. The molecule has 9 heteroatoms. The molecule has 1 aromatic rings. The molecule has 3 N–H and O–H groups in total. The van der Waals surface area contributed by atoms with Gasteiger partial charge in [0.25, 0.3) is 0 Å². The molecular weight excluding hydrogens is 412 g/mol. The lowest BCUT2D eigenvalue weighted by molar-refractivity contribution is -0.157. The van der Waals surface area contributed by atoms with Crippen LogP contribution in [0.3, 0.4) is 0 Å². The summed E-state index contributed by atoms with van der Waals surface area (Å²) >= 11 is 2.56. The molecule has 0 radical (unpaired) electrons. The summed E-state index contributed by atoms with van der Waals surface area (Å²) in [7, 11) is 0. The smallest absolute Gasteiger partial charge is 0.354 e. The van der Waals surface area contributed by atoms with Gasteiger partial charge < -0.3 is 15.5 Å². The van der Waals surface area contributed by atoms with Gasteiger partial charge in [-0.1, -0.05) is 49.0 Å². The van der Waals surface area contributed by atoms with Gasteiger partial charge >= 0.3 is 5.97 Å². The average molecular weight is 437 g/mol. The predicted molar refractivity (Wildman–Crippen MR) is 113 cm³/mol. The summed E-state index contributed by atoms with van der Waals surface area (Å²) in [5.74, 6) is -1.80. The maximum atomic E-state index is 12.3. The Morgan fingerprint density at radius 2 is 2.00 bits per heavy atom. The van der Waals surface area contributed by atoms with Crippen LogP contribution < -0.4 is 5.32 Å². The quantitative estimate of drug-likeness (QED) is 0.511. The summed E-state index contributed by atoms with van der Waals surface area (Å²) in [6.07, 6.45) is -0.106. The highest BCUT2D eigenvalue weighted by Gasteiger charge is 2.58. The van der Waals surface area contributed by atoms with Crippen LogP contribution in [0.15, 0.2) is 40.3 Å². The lowest BCUT2D eigenvalue weighted by Gasteiger charge is -2.44. The SMILES string of the molecule is CC[C@H](O)[C@@H]1C(=O)N2C(C(=O)O)=C(SCCC(=O)NC(C)c3ccccc3)S[C@H]12. The van der Waals surface area contributed by atoms with Crippen LogP contribution in [0.4, 0.5) is 0 Å². The average Bonchev–Trinajstić information content (AvgIpc) is 3.03. The van der Waals surface area contributed by atoms with Gasteiger partial charge in [0, 0.05) is 12.2 Å². The number of amides is 2. The third-order valence-electron chi connectivity index (χ3n) is 5.02. The Hall–Kier alpha value is -1.97. The molecule has 0 bridgehead atoms. The van der Waals surface area contributed by atoms with E-state index in [1.54, 1.807) is 6.92 Å². The second-order valence-electron chi connectivity index (χ2n) is 6.96. The van der Waals surface area contributed by atoms with E-state index >= 15 is 0 Å². The summed E-state index contributed by atoms with van der Waals surface area (Å²) in [6, 6.07) is 9.53. The minimum atomic E-state index is -1.16. The third kappa shape index (κ3) is 4.46. The zero-order chi connectivity index (χ0) is 21.1. The molecule has 156 valence electrons. The molecule has 2 amide bonds. The van der Waals surface area contributed by atoms with Crippen LogP contribution in [0.1, 0.15) is 38.3 Å². The summed E-state index contributed by atoms with van der Waals surface area (Å²) in [4.78, 5) is 37.5. The number of hydrogen-bond acceptors (Lipinski definition) is 6. The van der Waals surface area contributed by atoms with Gasteiger partial charge in [-0.15, -0.1) is 11.8 Å². The van der Waals surface area contributed by atoms with Crippen molar-refractivity contribution in [3.8, 4) is 0 Å². The molecule has 7 nitrogen and oxygen atoms in total. The zero-order valence-electron chi connectivity index (χ0n) is 16.2. The van der Waals surface area contributed by atoms with Gasteiger partial charge in [-0.3, -0.25) is 14.5 Å². The summed E-state index contributed by atoms with van der Waals surface area (Å²) in [5, 5.41) is 22.1. The number of rotatable bonds is 9. The van der Waals surface area contributed by atoms with E-state index in [1.165, 1.54) is 28.4 Å². The Morgan fingerprint density at radius 3 is 2.62 bits per heavy atom. The number of hydrogen-bond donors (Lipinski definition) is 3. The van der Waals surface area contributed by atoms with Gasteiger partial charge in [0.15, 0.2) is 5.70 Å². The standard InChI is InChI=1S/C20H24N2O5S2/c1-3-13(23)15-17(25)22-16(19(26)27)20(29-18(15)22)28-10-9-14(24)21-11(2)12-7-5-4-6-8-12/h4-8,11,13,15,18,23H,3,9-10H2,1-2H3,(H,21,24)(H,26,27)/t11?,13-,15+,18+/m0/s1. The van der Waals surface area contributed by atoms with E-state index in [0.717, 1.165) is 5.56 Å². The van der Waals surface area contributed by atoms with Crippen molar-refractivity contribution in [1.29, 1.82) is 0 Å². The normalized spacial score (nSPS) is 22.7. The van der Waals surface area contributed by atoms with E-state index in [4.69, 9.17) is 0 Å². The molecule has 1 fully saturated rings. The molecule has 4 atom stereocenters. The zero-order valence-corrected chi connectivity index (χ0v) is 17.8. The molecule has 1 unspecified atom stereocenters. The van der Waals surface area contributed by atoms with Crippen LogP contribution in [-0.2, 0) is 14.4 Å². The second kappa shape index (κ2) is 9.23. The molecule has 3 rings (SSSR count). The van der Waals surface area contributed by atoms with Crippen molar-refractivity contribution in [2.24, 2.45) is 5.92 Å². The first-order valence-electron chi connectivity index (χ1n) is 9.47. The molecule has 2 heterocycles. The number of thioether (sulfide) groups is 2. The van der Waals surface area contributed by atoms with E-state index < -0.39 is 18.0 Å².